The molecule has 0 aliphatic rings. The molecule has 0 rings (SSSR count). The van der Waals surface area contributed by atoms with Crippen LogP contribution in [0, 0.1) is 11.3 Å². The highest BCUT2D eigenvalue weighted by Crippen LogP contribution is 1.92. The standard InChI is InChI=1S/C10H19N3O/c1-5-9(6-11)13-8(4)10(14)12-7(2)3/h7-9,13H,5H2,1-4H3,(H,12,14). The van der Waals surface area contributed by atoms with Crippen LogP contribution in [-0.4, -0.2) is 24.0 Å². The van der Waals surface area contributed by atoms with Gasteiger partial charge in [0.15, 0.2) is 0 Å². The first kappa shape index (κ1) is 12.9. The molecule has 0 radical (unpaired) electrons. The topological polar surface area (TPSA) is 64.9 Å². The van der Waals surface area contributed by atoms with Gasteiger partial charge in [-0.05, 0) is 27.2 Å². The molecule has 2 unspecified atom stereocenters. The quantitative estimate of drug-likeness (QED) is 0.685. The molecule has 0 aromatic rings. The Morgan fingerprint density at radius 2 is 2.00 bits per heavy atom. The number of amides is 1. The summed E-state index contributed by atoms with van der Waals surface area (Å²) in [6.07, 6.45) is 0.704. The summed E-state index contributed by atoms with van der Waals surface area (Å²) in [6.45, 7) is 7.49. The first-order valence-corrected chi connectivity index (χ1v) is 4.97. The first-order valence-electron chi connectivity index (χ1n) is 4.97. The van der Waals surface area contributed by atoms with Gasteiger partial charge in [0, 0.05) is 6.04 Å². The minimum absolute atomic E-state index is 0.0614. The summed E-state index contributed by atoms with van der Waals surface area (Å²) in [4.78, 5) is 11.4. The van der Waals surface area contributed by atoms with Crippen LogP contribution in [0.5, 0.6) is 0 Å². The van der Waals surface area contributed by atoms with Crippen LogP contribution in [0.3, 0.4) is 0 Å². The Labute approximate surface area is 85.7 Å². The zero-order chi connectivity index (χ0) is 11.1. The highest BCUT2D eigenvalue weighted by Gasteiger charge is 2.16. The van der Waals surface area contributed by atoms with Gasteiger partial charge in [0.05, 0.1) is 18.2 Å². The molecule has 0 spiro atoms. The molecular weight excluding hydrogens is 178 g/mol. The zero-order valence-corrected chi connectivity index (χ0v) is 9.29. The van der Waals surface area contributed by atoms with Crippen molar-refractivity contribution in [2.75, 3.05) is 0 Å². The van der Waals surface area contributed by atoms with Crippen molar-refractivity contribution in [3.63, 3.8) is 0 Å². The summed E-state index contributed by atoms with van der Waals surface area (Å²) in [5.41, 5.74) is 0. The lowest BCUT2D eigenvalue weighted by Gasteiger charge is -2.18. The summed E-state index contributed by atoms with van der Waals surface area (Å²) < 4.78 is 0. The third kappa shape index (κ3) is 4.83. The lowest BCUT2D eigenvalue weighted by molar-refractivity contribution is -0.123. The van der Waals surface area contributed by atoms with Gasteiger partial charge in [0.1, 0.15) is 0 Å². The number of carbonyl (C=O) groups is 1. The second-order valence-corrected chi connectivity index (χ2v) is 3.64. The molecule has 0 aliphatic carbocycles. The molecule has 0 aromatic heterocycles. The van der Waals surface area contributed by atoms with Gasteiger partial charge >= 0.3 is 0 Å². The molecule has 0 bridgehead atoms. The Balaban J connectivity index is 4.01. The monoisotopic (exact) mass is 197 g/mol. The molecule has 14 heavy (non-hydrogen) atoms. The van der Waals surface area contributed by atoms with Gasteiger partial charge in [0.25, 0.3) is 0 Å². The minimum Gasteiger partial charge on any atom is -0.353 e. The van der Waals surface area contributed by atoms with Gasteiger partial charge in [-0.1, -0.05) is 6.92 Å². The van der Waals surface area contributed by atoms with Crippen LogP contribution in [-0.2, 0) is 4.79 Å². The van der Waals surface area contributed by atoms with E-state index in [4.69, 9.17) is 5.26 Å². The Morgan fingerprint density at radius 3 is 2.36 bits per heavy atom. The SMILES string of the molecule is CCC(C#N)NC(C)C(=O)NC(C)C. The fourth-order valence-electron chi connectivity index (χ4n) is 1.03. The Morgan fingerprint density at radius 1 is 1.43 bits per heavy atom. The Bertz CT molecular complexity index is 220. The van der Waals surface area contributed by atoms with Crippen molar-refractivity contribution in [2.24, 2.45) is 0 Å². The summed E-state index contributed by atoms with van der Waals surface area (Å²) in [5, 5.41) is 14.4. The van der Waals surface area contributed by atoms with Crippen molar-refractivity contribution in [3.8, 4) is 6.07 Å². The molecule has 4 heteroatoms. The fourth-order valence-corrected chi connectivity index (χ4v) is 1.03. The van der Waals surface area contributed by atoms with Crippen molar-refractivity contribution in [3.05, 3.63) is 0 Å². The van der Waals surface area contributed by atoms with E-state index >= 15 is 0 Å². The van der Waals surface area contributed by atoms with Crippen LogP contribution in [0.15, 0.2) is 0 Å². The predicted octanol–water partition coefficient (Wildman–Crippen LogP) is 0.791. The lowest BCUT2D eigenvalue weighted by atomic mass is 10.2. The molecule has 1 amide bonds. The summed E-state index contributed by atoms with van der Waals surface area (Å²) >= 11 is 0. The van der Waals surface area contributed by atoms with Crippen LogP contribution < -0.4 is 10.6 Å². The molecule has 0 fully saturated rings. The van der Waals surface area contributed by atoms with Gasteiger partial charge in [-0.2, -0.15) is 5.26 Å². The van der Waals surface area contributed by atoms with Gasteiger partial charge in [0.2, 0.25) is 5.91 Å². The molecule has 0 aliphatic heterocycles. The van der Waals surface area contributed by atoms with E-state index < -0.39 is 0 Å². The van der Waals surface area contributed by atoms with Gasteiger partial charge in [-0.25, -0.2) is 0 Å². The molecule has 2 N–H and O–H groups in total. The molecule has 0 saturated carbocycles. The molecule has 2 atom stereocenters. The Hall–Kier alpha value is -1.08. The minimum atomic E-state index is -0.318. The van der Waals surface area contributed by atoms with E-state index in [1.54, 1.807) is 6.92 Å². The molecular formula is C10H19N3O. The summed E-state index contributed by atoms with van der Waals surface area (Å²) in [5.74, 6) is -0.0614. The number of rotatable bonds is 5. The van der Waals surface area contributed by atoms with Crippen LogP contribution in [0.1, 0.15) is 34.1 Å². The van der Waals surface area contributed by atoms with E-state index in [-0.39, 0.29) is 24.0 Å². The van der Waals surface area contributed by atoms with Gasteiger partial charge in [-0.3, -0.25) is 10.1 Å². The maximum Gasteiger partial charge on any atom is 0.237 e. The third-order valence-electron chi connectivity index (χ3n) is 1.84. The number of nitriles is 1. The van der Waals surface area contributed by atoms with Crippen molar-refractivity contribution in [1.29, 1.82) is 5.26 Å². The normalized spacial score (nSPS) is 14.6. The molecule has 0 saturated heterocycles. The van der Waals surface area contributed by atoms with Crippen molar-refractivity contribution < 1.29 is 4.79 Å². The average Bonchev–Trinajstić information content (AvgIpc) is 2.12. The van der Waals surface area contributed by atoms with Crippen molar-refractivity contribution >= 4 is 5.91 Å². The third-order valence-corrected chi connectivity index (χ3v) is 1.84. The van der Waals surface area contributed by atoms with E-state index in [0.29, 0.717) is 6.42 Å². The molecule has 0 heterocycles. The maximum absolute atomic E-state index is 11.4. The van der Waals surface area contributed by atoms with E-state index in [9.17, 15) is 4.79 Å². The summed E-state index contributed by atoms with van der Waals surface area (Å²) in [6, 6.07) is 1.67. The second-order valence-electron chi connectivity index (χ2n) is 3.64. The van der Waals surface area contributed by atoms with Crippen LogP contribution >= 0.6 is 0 Å². The van der Waals surface area contributed by atoms with Crippen LogP contribution in [0.25, 0.3) is 0 Å². The number of nitrogens with zero attached hydrogens (tertiary/aromatic N) is 1. The molecule has 4 nitrogen and oxygen atoms in total. The number of hydrogen-bond acceptors (Lipinski definition) is 3. The van der Waals surface area contributed by atoms with E-state index in [2.05, 4.69) is 16.7 Å². The average molecular weight is 197 g/mol. The van der Waals surface area contributed by atoms with Crippen LogP contribution in [0.2, 0.25) is 0 Å². The van der Waals surface area contributed by atoms with Crippen LogP contribution in [0.4, 0.5) is 0 Å². The van der Waals surface area contributed by atoms with E-state index in [1.807, 2.05) is 20.8 Å². The largest absolute Gasteiger partial charge is 0.353 e. The highest BCUT2D eigenvalue weighted by molar-refractivity contribution is 5.81. The summed E-state index contributed by atoms with van der Waals surface area (Å²) in [7, 11) is 0. The number of carbonyl (C=O) groups excluding carboxylic acids is 1. The second kappa shape index (κ2) is 6.39. The van der Waals surface area contributed by atoms with Gasteiger partial charge in [-0.15, -0.1) is 0 Å². The van der Waals surface area contributed by atoms with Crippen molar-refractivity contribution in [1.82, 2.24) is 10.6 Å². The zero-order valence-electron chi connectivity index (χ0n) is 9.29. The highest BCUT2D eigenvalue weighted by atomic mass is 16.2. The van der Waals surface area contributed by atoms with Crippen molar-refractivity contribution in [2.45, 2.75) is 52.2 Å². The van der Waals surface area contributed by atoms with E-state index in [0.717, 1.165) is 0 Å². The number of nitrogens with one attached hydrogen (secondary N) is 2. The first-order chi connectivity index (χ1) is 6.51. The molecule has 80 valence electrons. The Kier molecular flexibility index (Phi) is 5.89. The maximum atomic E-state index is 11.4. The fraction of sp³-hybridized carbons (Fsp3) is 0.800. The van der Waals surface area contributed by atoms with E-state index in [1.165, 1.54) is 0 Å². The lowest BCUT2D eigenvalue weighted by Crippen LogP contribution is -2.47. The van der Waals surface area contributed by atoms with Gasteiger partial charge < -0.3 is 5.32 Å². The predicted molar refractivity (Wildman–Crippen MR) is 55.6 cm³/mol. The number of hydrogen-bond donors (Lipinski definition) is 2. The smallest absolute Gasteiger partial charge is 0.237 e. The molecule has 0 aromatic carbocycles.